The number of nitrogens with zero attached hydrogens (tertiary/aromatic N) is 1. The number of hydrogen-bond donors (Lipinski definition) is 1. The van der Waals surface area contributed by atoms with Crippen LogP contribution in [-0.2, 0) is 6.42 Å². The lowest BCUT2D eigenvalue weighted by Crippen LogP contribution is -2.29. The zero-order valence-corrected chi connectivity index (χ0v) is 13.6. The highest BCUT2D eigenvalue weighted by Gasteiger charge is 2.14. The molecule has 0 amide bonds. The average molecular weight is 288 g/mol. The standard InChI is InChI=1S/C17H24N2S/c1-12(2)18-10-16(9-17-11-20-14(4)19-17)15-7-5-6-13(3)8-15/h5-8,11-12,16,18H,9-10H2,1-4H3. The zero-order chi connectivity index (χ0) is 14.5. The molecular formula is C17H24N2S. The molecule has 0 radical (unpaired) electrons. The van der Waals surface area contributed by atoms with Gasteiger partial charge in [-0.1, -0.05) is 43.7 Å². The van der Waals surface area contributed by atoms with Gasteiger partial charge in [-0.2, -0.15) is 0 Å². The first kappa shape index (κ1) is 15.2. The van der Waals surface area contributed by atoms with E-state index in [4.69, 9.17) is 0 Å². The molecule has 0 fully saturated rings. The largest absolute Gasteiger partial charge is 0.314 e. The van der Waals surface area contributed by atoms with Crippen LogP contribution in [0.2, 0.25) is 0 Å². The lowest BCUT2D eigenvalue weighted by Gasteiger charge is -2.19. The van der Waals surface area contributed by atoms with Gasteiger partial charge in [-0.25, -0.2) is 4.98 Å². The monoisotopic (exact) mass is 288 g/mol. The summed E-state index contributed by atoms with van der Waals surface area (Å²) in [5.74, 6) is 0.485. The topological polar surface area (TPSA) is 24.9 Å². The fourth-order valence-corrected chi connectivity index (χ4v) is 2.99. The molecule has 1 atom stereocenters. The van der Waals surface area contributed by atoms with Crippen LogP contribution >= 0.6 is 11.3 Å². The maximum Gasteiger partial charge on any atom is 0.0897 e. The van der Waals surface area contributed by atoms with Crippen LogP contribution in [0.3, 0.4) is 0 Å². The third-order valence-corrected chi connectivity index (χ3v) is 4.23. The van der Waals surface area contributed by atoms with Crippen molar-refractivity contribution in [1.29, 1.82) is 0 Å². The number of aryl methyl sites for hydroxylation is 2. The van der Waals surface area contributed by atoms with Gasteiger partial charge in [0.2, 0.25) is 0 Å². The highest BCUT2D eigenvalue weighted by Crippen LogP contribution is 2.22. The Morgan fingerprint density at radius 3 is 2.65 bits per heavy atom. The highest BCUT2D eigenvalue weighted by molar-refractivity contribution is 7.09. The Morgan fingerprint density at radius 2 is 2.05 bits per heavy atom. The van der Waals surface area contributed by atoms with Crippen LogP contribution in [0, 0.1) is 13.8 Å². The van der Waals surface area contributed by atoms with Crippen LogP contribution in [0.15, 0.2) is 29.6 Å². The summed E-state index contributed by atoms with van der Waals surface area (Å²) in [4.78, 5) is 4.62. The van der Waals surface area contributed by atoms with Gasteiger partial charge in [-0.15, -0.1) is 11.3 Å². The third-order valence-electron chi connectivity index (χ3n) is 3.41. The molecule has 108 valence electrons. The fraction of sp³-hybridized carbons (Fsp3) is 0.471. The van der Waals surface area contributed by atoms with Gasteiger partial charge in [0, 0.05) is 23.9 Å². The number of thiazole rings is 1. The van der Waals surface area contributed by atoms with E-state index in [-0.39, 0.29) is 0 Å². The maximum absolute atomic E-state index is 4.62. The second-order valence-corrected chi connectivity index (χ2v) is 6.80. The minimum absolute atomic E-state index is 0.485. The van der Waals surface area contributed by atoms with Crippen molar-refractivity contribution in [2.75, 3.05) is 6.54 Å². The quantitative estimate of drug-likeness (QED) is 0.866. The Labute approximate surface area is 126 Å². The van der Waals surface area contributed by atoms with Crippen molar-refractivity contribution in [2.24, 2.45) is 0 Å². The van der Waals surface area contributed by atoms with Gasteiger partial charge in [-0.3, -0.25) is 0 Å². The summed E-state index contributed by atoms with van der Waals surface area (Å²) in [7, 11) is 0. The summed E-state index contributed by atoms with van der Waals surface area (Å²) in [6.45, 7) is 9.61. The summed E-state index contributed by atoms with van der Waals surface area (Å²) >= 11 is 1.74. The van der Waals surface area contributed by atoms with Gasteiger partial charge in [0.25, 0.3) is 0 Å². The van der Waals surface area contributed by atoms with Crippen LogP contribution in [-0.4, -0.2) is 17.6 Å². The SMILES string of the molecule is Cc1cccc(C(CNC(C)C)Cc2csc(C)n2)c1. The molecule has 20 heavy (non-hydrogen) atoms. The van der Waals surface area contributed by atoms with Crippen molar-refractivity contribution in [1.82, 2.24) is 10.3 Å². The Morgan fingerprint density at radius 1 is 1.25 bits per heavy atom. The molecular weight excluding hydrogens is 264 g/mol. The predicted octanol–water partition coefficient (Wildman–Crippen LogP) is 4.08. The van der Waals surface area contributed by atoms with Crippen LogP contribution < -0.4 is 5.32 Å². The molecule has 0 saturated carbocycles. The van der Waals surface area contributed by atoms with Crippen molar-refractivity contribution in [3.8, 4) is 0 Å². The van der Waals surface area contributed by atoms with E-state index in [1.54, 1.807) is 11.3 Å². The van der Waals surface area contributed by atoms with E-state index in [0.717, 1.165) is 18.0 Å². The second-order valence-electron chi connectivity index (χ2n) is 5.74. The normalized spacial score (nSPS) is 12.8. The van der Waals surface area contributed by atoms with Gasteiger partial charge in [-0.05, 0) is 25.8 Å². The number of benzene rings is 1. The van der Waals surface area contributed by atoms with Gasteiger partial charge in [0.15, 0.2) is 0 Å². The van der Waals surface area contributed by atoms with Crippen LogP contribution in [0.25, 0.3) is 0 Å². The van der Waals surface area contributed by atoms with Gasteiger partial charge in [0.1, 0.15) is 0 Å². The Balaban J connectivity index is 2.15. The molecule has 0 saturated heterocycles. The summed E-state index contributed by atoms with van der Waals surface area (Å²) < 4.78 is 0. The molecule has 0 aliphatic rings. The van der Waals surface area contributed by atoms with E-state index in [0.29, 0.717) is 12.0 Å². The van der Waals surface area contributed by atoms with Crippen molar-refractivity contribution in [2.45, 2.75) is 46.1 Å². The fourth-order valence-electron chi connectivity index (χ4n) is 2.36. The number of hydrogen-bond acceptors (Lipinski definition) is 3. The zero-order valence-electron chi connectivity index (χ0n) is 12.8. The van der Waals surface area contributed by atoms with Gasteiger partial charge < -0.3 is 5.32 Å². The summed E-state index contributed by atoms with van der Waals surface area (Å²) in [6, 6.07) is 9.35. The van der Waals surface area contributed by atoms with Gasteiger partial charge >= 0.3 is 0 Å². The van der Waals surface area contributed by atoms with Crippen LogP contribution in [0.1, 0.15) is 41.6 Å². The Hall–Kier alpha value is -1.19. The first-order valence-electron chi connectivity index (χ1n) is 7.25. The molecule has 2 nitrogen and oxygen atoms in total. The summed E-state index contributed by atoms with van der Waals surface area (Å²) in [5, 5.41) is 6.91. The van der Waals surface area contributed by atoms with E-state index in [1.165, 1.54) is 16.8 Å². The van der Waals surface area contributed by atoms with E-state index in [2.05, 4.69) is 67.6 Å². The molecule has 1 unspecified atom stereocenters. The van der Waals surface area contributed by atoms with Crippen molar-refractivity contribution in [3.63, 3.8) is 0 Å². The molecule has 0 aliphatic carbocycles. The van der Waals surface area contributed by atoms with E-state index in [1.807, 2.05) is 0 Å². The minimum Gasteiger partial charge on any atom is -0.314 e. The predicted molar refractivity (Wildman–Crippen MR) is 87.6 cm³/mol. The van der Waals surface area contributed by atoms with Crippen molar-refractivity contribution >= 4 is 11.3 Å². The molecule has 2 rings (SSSR count). The molecule has 2 aromatic rings. The molecule has 0 bridgehead atoms. The van der Waals surface area contributed by atoms with Crippen molar-refractivity contribution in [3.05, 3.63) is 51.5 Å². The van der Waals surface area contributed by atoms with Crippen LogP contribution in [0.5, 0.6) is 0 Å². The lowest BCUT2D eigenvalue weighted by molar-refractivity contribution is 0.524. The Bertz CT molecular complexity index is 545. The lowest BCUT2D eigenvalue weighted by atomic mass is 9.93. The first-order chi connectivity index (χ1) is 9.54. The van der Waals surface area contributed by atoms with Crippen molar-refractivity contribution < 1.29 is 0 Å². The average Bonchev–Trinajstić information content (AvgIpc) is 2.80. The number of aromatic nitrogens is 1. The minimum atomic E-state index is 0.485. The molecule has 0 aliphatic heterocycles. The Kier molecular flexibility index (Phi) is 5.32. The van der Waals surface area contributed by atoms with E-state index < -0.39 is 0 Å². The highest BCUT2D eigenvalue weighted by atomic mass is 32.1. The molecule has 1 aromatic heterocycles. The van der Waals surface area contributed by atoms with Crippen LogP contribution in [0.4, 0.5) is 0 Å². The molecule has 1 N–H and O–H groups in total. The smallest absolute Gasteiger partial charge is 0.0897 e. The first-order valence-corrected chi connectivity index (χ1v) is 8.13. The second kappa shape index (κ2) is 7.00. The third kappa shape index (κ3) is 4.43. The summed E-state index contributed by atoms with van der Waals surface area (Å²) in [6.07, 6.45) is 1.01. The molecule has 0 spiro atoms. The van der Waals surface area contributed by atoms with E-state index >= 15 is 0 Å². The summed E-state index contributed by atoms with van der Waals surface area (Å²) in [5.41, 5.74) is 3.94. The molecule has 1 heterocycles. The van der Waals surface area contributed by atoms with E-state index in [9.17, 15) is 0 Å². The molecule has 3 heteroatoms. The number of rotatable bonds is 6. The number of nitrogens with one attached hydrogen (secondary N) is 1. The molecule has 1 aromatic carbocycles. The van der Waals surface area contributed by atoms with Gasteiger partial charge in [0.05, 0.1) is 10.7 Å². The maximum atomic E-state index is 4.62.